The zero-order chi connectivity index (χ0) is 20.4. The van der Waals surface area contributed by atoms with E-state index >= 15 is 0 Å². The van der Waals surface area contributed by atoms with Crippen LogP contribution >= 0.6 is 11.6 Å². The Hall–Kier alpha value is -3.45. The van der Waals surface area contributed by atoms with E-state index in [1.807, 2.05) is 25.1 Å². The number of hydrogen-bond donors (Lipinski definition) is 0. The average Bonchev–Trinajstić information content (AvgIpc) is 3.15. The first-order valence-corrected chi connectivity index (χ1v) is 9.35. The molecule has 2 heterocycles. The number of rotatable bonds is 5. The molecule has 4 aromatic rings. The smallest absolute Gasteiger partial charge is 0.338 e. The monoisotopic (exact) mass is 408 g/mol. The molecule has 0 radical (unpaired) electrons. The summed E-state index contributed by atoms with van der Waals surface area (Å²) >= 11 is 6.15. The van der Waals surface area contributed by atoms with E-state index in [1.54, 1.807) is 42.1 Å². The van der Waals surface area contributed by atoms with Crippen molar-refractivity contribution in [2.45, 2.75) is 13.8 Å². The Balaban J connectivity index is 1.67. The van der Waals surface area contributed by atoms with Gasteiger partial charge in [-0.15, -0.1) is 0 Å². The highest BCUT2D eigenvalue weighted by Crippen LogP contribution is 2.29. The summed E-state index contributed by atoms with van der Waals surface area (Å²) in [5.74, 6) is 0.524. The number of carbonyl (C=O) groups is 1. The minimum Gasteiger partial charge on any atom is -0.462 e. The number of halogens is 1. The molecule has 0 saturated carbocycles. The van der Waals surface area contributed by atoms with Gasteiger partial charge >= 0.3 is 5.97 Å². The number of esters is 1. The van der Waals surface area contributed by atoms with Gasteiger partial charge in [0.1, 0.15) is 17.5 Å². The zero-order valence-electron chi connectivity index (χ0n) is 15.8. The Bertz CT molecular complexity index is 1190. The van der Waals surface area contributed by atoms with Crippen LogP contribution in [0.25, 0.3) is 16.7 Å². The van der Waals surface area contributed by atoms with Crippen LogP contribution in [0.5, 0.6) is 11.6 Å². The first-order valence-electron chi connectivity index (χ1n) is 8.97. The molecule has 0 aliphatic carbocycles. The third kappa shape index (κ3) is 3.77. The Labute approximate surface area is 171 Å². The number of hydrogen-bond acceptors (Lipinski definition) is 6. The normalized spacial score (nSPS) is 10.9. The SMILES string of the molecule is CCOC(=O)c1ccc(Oc2ncnc3c2cnn3-c2cc(Cl)ccc2C)cc1. The average molecular weight is 409 g/mol. The summed E-state index contributed by atoms with van der Waals surface area (Å²) in [4.78, 5) is 20.4. The molecular formula is C21H17ClN4O3. The van der Waals surface area contributed by atoms with Gasteiger partial charge in [-0.05, 0) is 55.8 Å². The largest absolute Gasteiger partial charge is 0.462 e. The van der Waals surface area contributed by atoms with Crippen LogP contribution in [-0.2, 0) is 4.74 Å². The first kappa shape index (κ1) is 18.9. The molecule has 0 aliphatic heterocycles. The van der Waals surface area contributed by atoms with Crippen LogP contribution < -0.4 is 4.74 Å². The predicted molar refractivity (Wildman–Crippen MR) is 109 cm³/mol. The van der Waals surface area contributed by atoms with E-state index < -0.39 is 0 Å². The lowest BCUT2D eigenvalue weighted by Crippen LogP contribution is -2.04. The van der Waals surface area contributed by atoms with Gasteiger partial charge in [0, 0.05) is 5.02 Å². The van der Waals surface area contributed by atoms with Crippen molar-refractivity contribution in [2.75, 3.05) is 6.61 Å². The molecule has 0 unspecified atom stereocenters. The van der Waals surface area contributed by atoms with Gasteiger partial charge < -0.3 is 9.47 Å². The van der Waals surface area contributed by atoms with Crippen molar-refractivity contribution >= 4 is 28.6 Å². The van der Waals surface area contributed by atoms with Crippen molar-refractivity contribution in [3.63, 3.8) is 0 Å². The van der Waals surface area contributed by atoms with E-state index in [9.17, 15) is 4.79 Å². The van der Waals surface area contributed by atoms with Crippen LogP contribution in [0, 0.1) is 6.92 Å². The number of ether oxygens (including phenoxy) is 2. The molecule has 0 aliphatic rings. The Morgan fingerprint density at radius 1 is 1.14 bits per heavy atom. The van der Waals surface area contributed by atoms with Gasteiger partial charge in [0.2, 0.25) is 5.88 Å². The van der Waals surface area contributed by atoms with Crippen molar-refractivity contribution in [3.05, 3.63) is 71.1 Å². The molecule has 0 saturated heterocycles. The molecule has 2 aromatic carbocycles. The van der Waals surface area contributed by atoms with E-state index in [0.717, 1.165) is 11.3 Å². The van der Waals surface area contributed by atoms with E-state index in [0.29, 0.717) is 39.9 Å². The maximum absolute atomic E-state index is 11.8. The molecule has 0 N–H and O–H groups in total. The molecule has 8 heteroatoms. The first-order chi connectivity index (χ1) is 14.1. The van der Waals surface area contributed by atoms with Gasteiger partial charge in [-0.3, -0.25) is 0 Å². The standard InChI is InChI=1S/C21H17ClN4O3/c1-3-28-21(27)14-5-8-16(9-6-14)29-20-17-11-25-26(19(17)23-12-24-20)18-10-15(22)7-4-13(18)2/h4-12H,3H2,1-2H3. The Kier molecular flexibility index (Phi) is 5.14. The van der Waals surface area contributed by atoms with Gasteiger partial charge in [0.05, 0.1) is 24.1 Å². The number of aryl methyl sites for hydroxylation is 1. The lowest BCUT2D eigenvalue weighted by Gasteiger charge is -2.09. The third-order valence-corrected chi connectivity index (χ3v) is 4.54. The van der Waals surface area contributed by atoms with Crippen molar-refractivity contribution in [3.8, 4) is 17.3 Å². The summed E-state index contributed by atoms with van der Waals surface area (Å²) in [6.45, 7) is 4.07. The predicted octanol–water partition coefficient (Wildman–Crippen LogP) is 4.75. The number of carbonyl (C=O) groups excluding carboxylic acids is 1. The lowest BCUT2D eigenvalue weighted by molar-refractivity contribution is 0.0526. The van der Waals surface area contributed by atoms with Crippen LogP contribution in [0.4, 0.5) is 0 Å². The van der Waals surface area contributed by atoms with Crippen molar-refractivity contribution in [1.82, 2.24) is 19.7 Å². The number of nitrogens with zero attached hydrogens (tertiary/aromatic N) is 4. The minimum atomic E-state index is -0.373. The molecule has 29 heavy (non-hydrogen) atoms. The topological polar surface area (TPSA) is 79.1 Å². The Morgan fingerprint density at radius 2 is 1.93 bits per heavy atom. The third-order valence-electron chi connectivity index (χ3n) is 4.31. The van der Waals surface area contributed by atoms with Crippen LogP contribution in [0.1, 0.15) is 22.8 Å². The summed E-state index contributed by atoms with van der Waals surface area (Å²) in [6.07, 6.45) is 3.07. The van der Waals surface area contributed by atoms with Gasteiger partial charge in [-0.1, -0.05) is 17.7 Å². The molecule has 0 atom stereocenters. The van der Waals surface area contributed by atoms with Crippen LogP contribution in [-0.4, -0.2) is 32.3 Å². The fourth-order valence-corrected chi connectivity index (χ4v) is 3.04. The number of aromatic nitrogens is 4. The number of benzene rings is 2. The summed E-state index contributed by atoms with van der Waals surface area (Å²) in [5.41, 5.74) is 2.89. The molecule has 0 amide bonds. The molecule has 4 rings (SSSR count). The second-order valence-corrected chi connectivity index (χ2v) is 6.69. The second-order valence-electron chi connectivity index (χ2n) is 6.25. The lowest BCUT2D eigenvalue weighted by atomic mass is 10.2. The molecule has 7 nitrogen and oxygen atoms in total. The van der Waals surface area contributed by atoms with Gasteiger partial charge in [0.25, 0.3) is 0 Å². The van der Waals surface area contributed by atoms with E-state index in [4.69, 9.17) is 21.1 Å². The maximum atomic E-state index is 11.8. The minimum absolute atomic E-state index is 0.325. The summed E-state index contributed by atoms with van der Waals surface area (Å²) < 4.78 is 12.6. The summed E-state index contributed by atoms with van der Waals surface area (Å²) in [6, 6.07) is 12.2. The highest BCUT2D eigenvalue weighted by atomic mass is 35.5. The summed E-state index contributed by atoms with van der Waals surface area (Å²) in [5, 5.41) is 5.71. The van der Waals surface area contributed by atoms with Crippen molar-refractivity contribution in [1.29, 1.82) is 0 Å². The fraction of sp³-hybridized carbons (Fsp3) is 0.143. The Morgan fingerprint density at radius 3 is 2.69 bits per heavy atom. The molecule has 0 bridgehead atoms. The number of fused-ring (bicyclic) bond motifs is 1. The quantitative estimate of drug-likeness (QED) is 0.443. The van der Waals surface area contributed by atoms with Crippen LogP contribution in [0.15, 0.2) is 55.0 Å². The van der Waals surface area contributed by atoms with E-state index in [2.05, 4.69) is 15.1 Å². The van der Waals surface area contributed by atoms with Crippen molar-refractivity contribution in [2.24, 2.45) is 0 Å². The van der Waals surface area contributed by atoms with Gasteiger partial charge in [-0.2, -0.15) is 5.10 Å². The molecule has 2 aromatic heterocycles. The van der Waals surface area contributed by atoms with Crippen LogP contribution in [0.3, 0.4) is 0 Å². The summed E-state index contributed by atoms with van der Waals surface area (Å²) in [7, 11) is 0. The molecular weight excluding hydrogens is 392 g/mol. The molecule has 0 spiro atoms. The molecule has 146 valence electrons. The highest BCUT2D eigenvalue weighted by Gasteiger charge is 2.15. The van der Waals surface area contributed by atoms with Crippen molar-refractivity contribution < 1.29 is 14.3 Å². The van der Waals surface area contributed by atoms with E-state index in [1.165, 1.54) is 6.33 Å². The van der Waals surface area contributed by atoms with Gasteiger partial charge in [0.15, 0.2) is 5.65 Å². The van der Waals surface area contributed by atoms with Crippen LogP contribution in [0.2, 0.25) is 5.02 Å². The fourth-order valence-electron chi connectivity index (χ4n) is 2.88. The van der Waals surface area contributed by atoms with Gasteiger partial charge in [-0.25, -0.2) is 19.4 Å². The van der Waals surface area contributed by atoms with E-state index in [-0.39, 0.29) is 5.97 Å². The zero-order valence-corrected chi connectivity index (χ0v) is 16.6. The maximum Gasteiger partial charge on any atom is 0.338 e. The molecule has 0 fully saturated rings. The highest BCUT2D eigenvalue weighted by molar-refractivity contribution is 6.30. The second kappa shape index (κ2) is 7.89.